The molecule has 0 atom stereocenters. The second-order valence-corrected chi connectivity index (χ2v) is 5.49. The van der Waals surface area contributed by atoms with Crippen LogP contribution in [0.2, 0.25) is 0 Å². The van der Waals surface area contributed by atoms with E-state index in [0.29, 0.717) is 18.8 Å². The summed E-state index contributed by atoms with van der Waals surface area (Å²) in [7, 11) is 0. The Kier molecular flexibility index (Phi) is 4.97. The Morgan fingerprint density at radius 3 is 2.91 bits per heavy atom. The fourth-order valence-electron chi connectivity index (χ4n) is 2.77. The average Bonchev–Trinajstić information content (AvgIpc) is 2.80. The van der Waals surface area contributed by atoms with Crippen molar-refractivity contribution in [3.8, 4) is 0 Å². The number of carbonyl (C=O) groups excluding carboxylic acids is 1. The molecule has 0 N–H and O–H groups in total. The van der Waals surface area contributed by atoms with E-state index in [1.165, 1.54) is 0 Å². The smallest absolute Gasteiger partial charge is 0.320 e. The molecule has 0 saturated carbocycles. The zero-order valence-electron chi connectivity index (χ0n) is 13.3. The van der Waals surface area contributed by atoms with Crippen molar-refractivity contribution in [2.45, 2.75) is 13.3 Å². The fourth-order valence-corrected chi connectivity index (χ4v) is 2.77. The van der Waals surface area contributed by atoms with Crippen LogP contribution >= 0.6 is 0 Å². The maximum Gasteiger partial charge on any atom is 0.320 e. The highest BCUT2D eigenvalue weighted by molar-refractivity contribution is 5.72. The third-order valence-electron chi connectivity index (χ3n) is 3.89. The Hall–Kier alpha value is -2.28. The zero-order chi connectivity index (χ0) is 16.1. The molecule has 1 saturated heterocycles. The van der Waals surface area contributed by atoms with Gasteiger partial charge in [-0.05, 0) is 25.5 Å². The summed E-state index contributed by atoms with van der Waals surface area (Å²) in [5, 5.41) is 0. The Labute approximate surface area is 135 Å². The molecule has 7 heteroatoms. The van der Waals surface area contributed by atoms with E-state index in [4.69, 9.17) is 4.74 Å². The van der Waals surface area contributed by atoms with Gasteiger partial charge in [0.1, 0.15) is 11.3 Å². The minimum absolute atomic E-state index is 0.153. The van der Waals surface area contributed by atoms with E-state index in [2.05, 4.69) is 24.8 Å². The number of rotatable bonds is 4. The van der Waals surface area contributed by atoms with Crippen LogP contribution in [0.1, 0.15) is 13.3 Å². The van der Waals surface area contributed by atoms with Crippen LogP contribution in [0.15, 0.2) is 24.5 Å². The van der Waals surface area contributed by atoms with Gasteiger partial charge in [-0.1, -0.05) is 0 Å². The quantitative estimate of drug-likeness (QED) is 0.782. The van der Waals surface area contributed by atoms with Crippen LogP contribution in [0.25, 0.3) is 11.2 Å². The molecule has 1 aliphatic rings. The van der Waals surface area contributed by atoms with Crippen LogP contribution in [0.5, 0.6) is 0 Å². The van der Waals surface area contributed by atoms with E-state index in [1.54, 1.807) is 12.4 Å². The molecule has 2 aromatic heterocycles. The van der Waals surface area contributed by atoms with Gasteiger partial charge in [-0.2, -0.15) is 0 Å². The number of hydrogen-bond acceptors (Lipinski definition) is 7. The second-order valence-electron chi connectivity index (χ2n) is 5.49. The standard InChI is InChI=1S/C16H21N5O2/c1-2-23-15(22)12-20-8-3-9-21(11-10-20)14-5-4-13-16(19-14)18-7-6-17-13/h4-7H,2-3,8-12H2,1H3. The van der Waals surface area contributed by atoms with Crippen molar-refractivity contribution in [3.63, 3.8) is 0 Å². The molecule has 0 bridgehead atoms. The Bertz CT molecular complexity index is 678. The molecule has 0 radical (unpaired) electrons. The number of esters is 1. The van der Waals surface area contributed by atoms with Crippen LogP contribution in [0.4, 0.5) is 5.82 Å². The van der Waals surface area contributed by atoms with Gasteiger partial charge in [0.25, 0.3) is 0 Å². The van der Waals surface area contributed by atoms with Crippen molar-refractivity contribution in [1.82, 2.24) is 19.9 Å². The monoisotopic (exact) mass is 315 g/mol. The Morgan fingerprint density at radius 2 is 2.04 bits per heavy atom. The van der Waals surface area contributed by atoms with Gasteiger partial charge in [0.2, 0.25) is 0 Å². The van der Waals surface area contributed by atoms with Gasteiger partial charge < -0.3 is 9.64 Å². The molecular weight excluding hydrogens is 294 g/mol. The highest BCUT2D eigenvalue weighted by atomic mass is 16.5. The highest BCUT2D eigenvalue weighted by Gasteiger charge is 2.18. The summed E-state index contributed by atoms with van der Waals surface area (Å²) in [6.45, 7) is 6.08. The van der Waals surface area contributed by atoms with Gasteiger partial charge in [-0.3, -0.25) is 14.7 Å². The molecule has 0 amide bonds. The third kappa shape index (κ3) is 3.92. The highest BCUT2D eigenvalue weighted by Crippen LogP contribution is 2.17. The van der Waals surface area contributed by atoms with E-state index < -0.39 is 0 Å². The van der Waals surface area contributed by atoms with Crippen LogP contribution < -0.4 is 4.90 Å². The average molecular weight is 315 g/mol. The van der Waals surface area contributed by atoms with Gasteiger partial charge in [-0.15, -0.1) is 0 Å². The lowest BCUT2D eigenvalue weighted by Gasteiger charge is -2.22. The number of hydrogen-bond donors (Lipinski definition) is 0. The SMILES string of the molecule is CCOC(=O)CN1CCCN(c2ccc3nccnc3n2)CC1. The Morgan fingerprint density at radius 1 is 1.17 bits per heavy atom. The van der Waals surface area contributed by atoms with Crippen molar-refractivity contribution in [2.75, 3.05) is 44.2 Å². The largest absolute Gasteiger partial charge is 0.465 e. The van der Waals surface area contributed by atoms with E-state index in [-0.39, 0.29) is 5.97 Å². The summed E-state index contributed by atoms with van der Waals surface area (Å²) in [6.07, 6.45) is 4.31. The summed E-state index contributed by atoms with van der Waals surface area (Å²) < 4.78 is 5.02. The first-order valence-electron chi connectivity index (χ1n) is 7.97. The number of nitrogens with zero attached hydrogens (tertiary/aromatic N) is 5. The minimum Gasteiger partial charge on any atom is -0.465 e. The van der Waals surface area contributed by atoms with Gasteiger partial charge in [-0.25, -0.2) is 9.97 Å². The molecule has 0 unspecified atom stereocenters. The number of aromatic nitrogens is 3. The molecule has 1 fully saturated rings. The number of fused-ring (bicyclic) bond motifs is 1. The normalized spacial score (nSPS) is 16.3. The Balaban J connectivity index is 1.65. The zero-order valence-corrected chi connectivity index (χ0v) is 13.3. The molecule has 3 heterocycles. The first-order valence-corrected chi connectivity index (χ1v) is 7.97. The van der Waals surface area contributed by atoms with Crippen molar-refractivity contribution in [1.29, 1.82) is 0 Å². The van der Waals surface area contributed by atoms with Crippen LogP contribution in [-0.2, 0) is 9.53 Å². The van der Waals surface area contributed by atoms with Gasteiger partial charge in [0, 0.05) is 38.6 Å². The second kappa shape index (κ2) is 7.32. The number of anilines is 1. The first kappa shape index (κ1) is 15.6. The maximum absolute atomic E-state index is 11.6. The molecular formula is C16H21N5O2. The van der Waals surface area contributed by atoms with E-state index in [1.807, 2.05) is 19.1 Å². The predicted molar refractivity (Wildman–Crippen MR) is 87.2 cm³/mol. The molecule has 0 spiro atoms. The molecule has 0 aromatic carbocycles. The lowest BCUT2D eigenvalue weighted by Crippen LogP contribution is -2.35. The summed E-state index contributed by atoms with van der Waals surface area (Å²) in [6, 6.07) is 3.93. The third-order valence-corrected chi connectivity index (χ3v) is 3.89. The van der Waals surface area contributed by atoms with E-state index >= 15 is 0 Å². The summed E-state index contributed by atoms with van der Waals surface area (Å²) in [4.78, 5) is 29.1. The first-order chi connectivity index (χ1) is 11.3. The molecule has 23 heavy (non-hydrogen) atoms. The van der Waals surface area contributed by atoms with Crippen molar-refractivity contribution in [3.05, 3.63) is 24.5 Å². The van der Waals surface area contributed by atoms with Crippen molar-refractivity contribution < 1.29 is 9.53 Å². The maximum atomic E-state index is 11.6. The number of pyridine rings is 1. The molecule has 3 rings (SSSR count). The predicted octanol–water partition coefficient (Wildman–Crippen LogP) is 1.10. The van der Waals surface area contributed by atoms with Crippen molar-refractivity contribution in [2.24, 2.45) is 0 Å². The number of carbonyl (C=O) groups is 1. The van der Waals surface area contributed by atoms with Gasteiger partial charge in [0.15, 0.2) is 5.65 Å². The van der Waals surface area contributed by atoms with Crippen LogP contribution in [0.3, 0.4) is 0 Å². The van der Waals surface area contributed by atoms with Gasteiger partial charge >= 0.3 is 5.97 Å². The fraction of sp³-hybridized carbons (Fsp3) is 0.500. The summed E-state index contributed by atoms with van der Waals surface area (Å²) in [5.41, 5.74) is 1.47. The molecule has 2 aromatic rings. The van der Waals surface area contributed by atoms with Crippen molar-refractivity contribution >= 4 is 23.0 Å². The van der Waals surface area contributed by atoms with E-state index in [0.717, 1.165) is 43.9 Å². The van der Waals surface area contributed by atoms with Crippen LogP contribution in [0, 0.1) is 0 Å². The molecule has 0 aliphatic carbocycles. The van der Waals surface area contributed by atoms with Gasteiger partial charge in [0.05, 0.1) is 13.2 Å². The number of ether oxygens (including phenoxy) is 1. The molecule has 122 valence electrons. The summed E-state index contributed by atoms with van der Waals surface area (Å²) >= 11 is 0. The molecule has 7 nitrogen and oxygen atoms in total. The lowest BCUT2D eigenvalue weighted by molar-refractivity contribution is -0.144. The summed E-state index contributed by atoms with van der Waals surface area (Å²) in [5.74, 6) is 0.760. The van der Waals surface area contributed by atoms with Crippen LogP contribution in [-0.4, -0.2) is 65.2 Å². The van der Waals surface area contributed by atoms with E-state index in [9.17, 15) is 4.79 Å². The minimum atomic E-state index is -0.153. The lowest BCUT2D eigenvalue weighted by atomic mass is 10.3. The molecule has 1 aliphatic heterocycles. The topological polar surface area (TPSA) is 71.5 Å².